The van der Waals surface area contributed by atoms with E-state index in [9.17, 15) is 18.0 Å². The van der Waals surface area contributed by atoms with Crippen LogP contribution < -0.4 is 20.9 Å². The zero-order valence-electron chi connectivity index (χ0n) is 19.9. The van der Waals surface area contributed by atoms with Crippen LogP contribution >= 0.6 is 0 Å². The predicted octanol–water partition coefficient (Wildman–Crippen LogP) is 4.15. The Morgan fingerprint density at radius 3 is 2.40 bits per heavy atom. The van der Waals surface area contributed by atoms with Crippen LogP contribution in [0.5, 0.6) is 0 Å². The van der Waals surface area contributed by atoms with Crippen molar-refractivity contribution < 1.29 is 18.0 Å². The van der Waals surface area contributed by atoms with Crippen molar-refractivity contribution in [1.29, 1.82) is 0 Å². The number of anilines is 4. The first-order valence-corrected chi connectivity index (χ1v) is 13.5. The van der Waals surface area contributed by atoms with E-state index in [0.717, 1.165) is 25.2 Å². The molecule has 2 aliphatic rings. The molecule has 0 aromatic carbocycles. The molecule has 9 nitrogen and oxygen atoms in total. The Bertz CT molecular complexity index is 953. The summed E-state index contributed by atoms with van der Waals surface area (Å²) < 4.78 is 37.5. The Labute approximate surface area is 218 Å². The van der Waals surface area contributed by atoms with Gasteiger partial charge in [0.25, 0.3) is 0 Å². The fraction of sp³-hybridized carbons (Fsp3) is 0.591. The molecule has 0 atom stereocenters. The van der Waals surface area contributed by atoms with Gasteiger partial charge in [-0.1, -0.05) is 21.3 Å². The van der Waals surface area contributed by atoms with Crippen molar-refractivity contribution in [3.05, 3.63) is 23.8 Å². The Balaban J connectivity index is 0.00000117. The standard InChI is InChI=1S/C18H21F3N8O.C2H6.CH4.CH3.Sb/c1-9-15-16(29(2)8-14(30)27-15)28-17(25-9)26-11-3-10(4-11)5-23-13-7-22-12(6-24-13)18(19,20)21;1-2;;;/h6-7,10-11H,3-5,8H2,1-2H3,(H,23,24)(H,27,30)(H,25,26,28);1-2H3;1H4;1H3;. The maximum absolute atomic E-state index is 12.5. The van der Waals surface area contributed by atoms with Crippen LogP contribution in [0.15, 0.2) is 12.4 Å². The van der Waals surface area contributed by atoms with Crippen LogP contribution in [0, 0.1) is 12.8 Å². The number of aryl methyl sites for hydroxylation is 1. The van der Waals surface area contributed by atoms with Gasteiger partial charge >= 0.3 is 34.1 Å². The fourth-order valence-corrected chi connectivity index (χ4v) is 3.53. The molecule has 1 amide bonds. The number of carbonyl (C=O) groups excluding carboxylic acids is 1. The first kappa shape index (κ1) is 30.7. The second-order valence-electron chi connectivity index (χ2n) is 7.58. The van der Waals surface area contributed by atoms with Gasteiger partial charge in [-0.3, -0.25) is 4.79 Å². The molecule has 0 saturated heterocycles. The number of hydrogen-bond acceptors (Lipinski definition) is 8. The van der Waals surface area contributed by atoms with E-state index in [1.165, 1.54) is 0 Å². The van der Waals surface area contributed by atoms with E-state index in [-0.39, 0.29) is 25.9 Å². The van der Waals surface area contributed by atoms with E-state index in [2.05, 4.69) is 40.8 Å². The van der Waals surface area contributed by atoms with E-state index in [4.69, 9.17) is 0 Å². The predicted molar refractivity (Wildman–Crippen MR) is 134 cm³/mol. The van der Waals surface area contributed by atoms with Gasteiger partial charge in [-0.15, -0.1) is 0 Å². The summed E-state index contributed by atoms with van der Waals surface area (Å²) in [4.78, 5) is 31.6. The minimum absolute atomic E-state index is 0. The molecule has 194 valence electrons. The molecule has 0 spiro atoms. The molecule has 2 aromatic rings. The van der Waals surface area contributed by atoms with E-state index in [1.807, 2.05) is 27.8 Å². The van der Waals surface area contributed by atoms with Crippen LogP contribution in [0.25, 0.3) is 0 Å². The van der Waals surface area contributed by atoms with Crippen LogP contribution in [0.3, 0.4) is 0 Å². The van der Waals surface area contributed by atoms with Gasteiger partial charge in [-0.25, -0.2) is 15.0 Å². The SMILES string of the molecule is C.CC.Cc1nc(NC2CC(CNc3cnc(C(F)(F)F)cn3)C2)nc2c1NC(=O)CN2C.[CH3][Sb]. The summed E-state index contributed by atoms with van der Waals surface area (Å²) in [7, 11) is 1.81. The molecule has 1 fully saturated rings. The van der Waals surface area contributed by atoms with Gasteiger partial charge in [-0.05, 0) is 25.7 Å². The minimum atomic E-state index is -4.49. The first-order chi connectivity index (χ1) is 16.2. The average Bonchev–Trinajstić information content (AvgIpc) is 2.78. The zero-order valence-corrected chi connectivity index (χ0v) is 22.4. The third-order valence-corrected chi connectivity index (χ3v) is 5.16. The first-order valence-electron chi connectivity index (χ1n) is 10.9. The van der Waals surface area contributed by atoms with E-state index < -0.39 is 11.9 Å². The third-order valence-electron chi connectivity index (χ3n) is 5.16. The Hall–Kier alpha value is -2.36. The van der Waals surface area contributed by atoms with Crippen molar-refractivity contribution in [2.75, 3.05) is 41.0 Å². The molecule has 2 aromatic heterocycles. The number of halogens is 3. The number of carbonyl (C=O) groups is 1. The van der Waals surface area contributed by atoms with Crippen LogP contribution in [0.1, 0.15) is 45.5 Å². The number of nitrogens with zero attached hydrogens (tertiary/aromatic N) is 5. The topological polar surface area (TPSA) is 108 Å². The number of likely N-dealkylation sites (N-methyl/N-ethyl adjacent to an activating group) is 1. The summed E-state index contributed by atoms with van der Waals surface area (Å²) in [5.74, 6) is 1.78. The van der Waals surface area contributed by atoms with Gasteiger partial charge in [-0.2, -0.15) is 18.2 Å². The normalized spacial score (nSPS) is 18.2. The molecule has 2 radical (unpaired) electrons. The molecular formula is C22H34F3N8OSb. The van der Waals surface area contributed by atoms with Crippen molar-refractivity contribution in [1.82, 2.24) is 19.9 Å². The van der Waals surface area contributed by atoms with Crippen LogP contribution in [0.2, 0.25) is 4.87 Å². The molecule has 0 bridgehead atoms. The van der Waals surface area contributed by atoms with Gasteiger partial charge < -0.3 is 20.9 Å². The van der Waals surface area contributed by atoms with E-state index in [0.29, 0.717) is 41.4 Å². The van der Waals surface area contributed by atoms with E-state index in [1.54, 1.807) is 27.9 Å². The van der Waals surface area contributed by atoms with Gasteiger partial charge in [0.15, 0.2) is 11.5 Å². The molecule has 4 rings (SSSR count). The molecule has 3 heterocycles. The second-order valence-corrected chi connectivity index (χ2v) is 7.58. The van der Waals surface area contributed by atoms with Crippen molar-refractivity contribution >= 4 is 52.2 Å². The fourth-order valence-electron chi connectivity index (χ4n) is 3.53. The third kappa shape index (κ3) is 8.08. The number of rotatable bonds is 5. The van der Waals surface area contributed by atoms with Gasteiger partial charge in [0.2, 0.25) is 11.9 Å². The Morgan fingerprint density at radius 1 is 1.17 bits per heavy atom. The monoisotopic (exact) mass is 604 g/mol. The second kappa shape index (κ2) is 13.7. The Kier molecular flexibility index (Phi) is 12.0. The average molecular weight is 605 g/mol. The Morgan fingerprint density at radius 2 is 1.83 bits per heavy atom. The molecule has 35 heavy (non-hydrogen) atoms. The summed E-state index contributed by atoms with van der Waals surface area (Å²) in [5, 5.41) is 9.14. The van der Waals surface area contributed by atoms with Crippen molar-refractivity contribution in [2.45, 2.75) is 58.1 Å². The number of alkyl halides is 3. The van der Waals surface area contributed by atoms with Crippen LogP contribution in [-0.4, -0.2) is 75.0 Å². The van der Waals surface area contributed by atoms with Crippen molar-refractivity contribution in [3.63, 3.8) is 0 Å². The maximum atomic E-state index is 12.5. The quantitative estimate of drug-likeness (QED) is 0.437. The molecule has 3 N–H and O–H groups in total. The number of amides is 1. The van der Waals surface area contributed by atoms with Crippen LogP contribution in [0.4, 0.5) is 36.4 Å². The van der Waals surface area contributed by atoms with Crippen molar-refractivity contribution in [3.8, 4) is 0 Å². The summed E-state index contributed by atoms with van der Waals surface area (Å²) in [5.41, 5.74) is 0.319. The summed E-state index contributed by atoms with van der Waals surface area (Å²) in [6.07, 6.45) is -0.935. The molecule has 1 aliphatic heterocycles. The van der Waals surface area contributed by atoms with Crippen LogP contribution in [-0.2, 0) is 11.0 Å². The zero-order chi connectivity index (χ0) is 25.5. The van der Waals surface area contributed by atoms with Crippen molar-refractivity contribution in [2.24, 2.45) is 5.92 Å². The summed E-state index contributed by atoms with van der Waals surface area (Å²) >= 11 is 1.75. The summed E-state index contributed by atoms with van der Waals surface area (Å²) in [6, 6.07) is 0.205. The summed E-state index contributed by atoms with van der Waals surface area (Å²) in [6.45, 7) is 6.66. The van der Waals surface area contributed by atoms with Gasteiger partial charge in [0.05, 0.1) is 24.6 Å². The van der Waals surface area contributed by atoms with E-state index >= 15 is 0 Å². The molecule has 1 saturated carbocycles. The number of aromatic nitrogens is 4. The van der Waals surface area contributed by atoms with Gasteiger partial charge in [0, 0.05) is 19.6 Å². The molecular weight excluding hydrogens is 571 g/mol. The molecule has 13 heteroatoms. The molecule has 1 aliphatic carbocycles. The number of hydrogen-bond donors (Lipinski definition) is 3. The van der Waals surface area contributed by atoms with Gasteiger partial charge in [0.1, 0.15) is 11.5 Å². The molecule has 0 unspecified atom stereocenters. The number of nitrogens with one attached hydrogen (secondary N) is 3. The number of fused-ring (bicyclic) bond motifs is 1.